The fourth-order valence-electron chi connectivity index (χ4n) is 24.8. The summed E-state index contributed by atoms with van der Waals surface area (Å²) in [6.45, 7) is 0. The van der Waals surface area contributed by atoms with Crippen LogP contribution in [0.5, 0.6) is 0 Å². The molecular weight excluding hydrogens is 1780 g/mol. The minimum Gasteiger partial charge on any atom is -0.456 e. The van der Waals surface area contributed by atoms with Crippen LogP contribution in [-0.2, 0) is 16.2 Å². The number of rotatable bonds is 15. The highest BCUT2D eigenvalue weighted by atomic mass is 16.3. The van der Waals surface area contributed by atoms with Crippen molar-refractivity contribution in [2.75, 3.05) is 14.7 Å². The number of anilines is 9. The molecule has 0 aliphatic heterocycles. The Kier molecular flexibility index (Phi) is 20.2. The van der Waals surface area contributed by atoms with E-state index in [1.807, 2.05) is 12.1 Å². The molecule has 0 unspecified atom stereocenters. The van der Waals surface area contributed by atoms with Gasteiger partial charge in [0, 0.05) is 66.4 Å². The molecule has 23 aromatic carbocycles. The molecule has 4 heterocycles. The number of benzene rings is 23. The highest BCUT2D eigenvalue weighted by Gasteiger charge is 2.52. The summed E-state index contributed by atoms with van der Waals surface area (Å²) in [6, 6.07) is 198. The summed E-state index contributed by atoms with van der Waals surface area (Å²) >= 11 is 0. The molecule has 0 fully saturated rings. The van der Waals surface area contributed by atoms with E-state index in [4.69, 9.17) is 17.7 Å². The summed E-state index contributed by atoms with van der Waals surface area (Å²) in [4.78, 5) is 7.13. The van der Waals surface area contributed by atoms with Crippen molar-refractivity contribution in [2.45, 2.75) is 16.2 Å². The maximum absolute atomic E-state index is 7.13. The molecule has 7 heteroatoms. The van der Waals surface area contributed by atoms with E-state index < -0.39 is 16.2 Å². The van der Waals surface area contributed by atoms with Gasteiger partial charge in [-0.15, -0.1) is 0 Å². The second-order valence-electron chi connectivity index (χ2n) is 38.0. The molecule has 0 saturated heterocycles. The van der Waals surface area contributed by atoms with Crippen LogP contribution >= 0.6 is 0 Å². The van der Waals surface area contributed by atoms with Crippen LogP contribution < -0.4 is 14.7 Å². The molecule has 0 amide bonds. The first kappa shape index (κ1) is 84.9. The Labute approximate surface area is 844 Å². The van der Waals surface area contributed by atoms with E-state index in [9.17, 15) is 0 Å². The fraction of sp³-hybridized carbons (Fsp3) is 0.0216. The molecule has 0 radical (unpaired) electrons. The zero-order valence-corrected chi connectivity index (χ0v) is 79.5. The maximum atomic E-state index is 7.13. The summed E-state index contributed by atoms with van der Waals surface area (Å²) in [5, 5.41) is 11.1. The van der Waals surface area contributed by atoms with Crippen molar-refractivity contribution in [1.29, 1.82) is 0 Å². The normalized spacial score (nSPS) is 13.1. The van der Waals surface area contributed by atoms with Crippen LogP contribution in [0.15, 0.2) is 570 Å². The van der Waals surface area contributed by atoms with Crippen molar-refractivity contribution in [3.63, 3.8) is 0 Å². The van der Waals surface area contributed by atoms with Crippen LogP contribution in [0.2, 0.25) is 0 Å². The SMILES string of the molecule is c1ccc(N(c2cccc3ccccc23)c2ccc(C3(c4ccccc4)c4ccccc4-c4ccccc43)c3oc4ccccc4c23)cc1.c1ccc(N(c2cccc3oc4ccccc4c23)c2ccc(C3(c4ccccc4)c4ccccc4-c4ccccc43)c3oc4ccccc4c23)cc1.c1ccc(N(c2ccccc2)c2ccc(C3(c4ccccc4)c4ccccc4-c4ccccc43)c3oc4ccccc4c23)cc1. The predicted octanol–water partition coefficient (Wildman–Crippen LogP) is 37.3. The number of para-hydroxylation sites is 8. The van der Waals surface area contributed by atoms with Crippen LogP contribution in [0, 0.1) is 0 Å². The first-order valence-corrected chi connectivity index (χ1v) is 50.1. The molecule has 146 heavy (non-hydrogen) atoms. The van der Waals surface area contributed by atoms with Crippen molar-refractivity contribution in [3.8, 4) is 33.4 Å². The van der Waals surface area contributed by atoms with E-state index in [-0.39, 0.29) is 0 Å². The Morgan fingerprint density at radius 2 is 0.363 bits per heavy atom. The summed E-state index contributed by atoms with van der Waals surface area (Å²) in [5.74, 6) is 0. The topological polar surface area (TPSA) is 62.3 Å². The predicted molar refractivity (Wildman–Crippen MR) is 602 cm³/mol. The molecule has 0 atom stereocenters. The largest absolute Gasteiger partial charge is 0.456 e. The van der Waals surface area contributed by atoms with Gasteiger partial charge in [0.2, 0.25) is 0 Å². The number of hydrogen-bond donors (Lipinski definition) is 0. The molecule has 4 aromatic heterocycles. The minimum atomic E-state index is -0.614. The third kappa shape index (κ3) is 12.9. The number of fused-ring (bicyclic) bond motifs is 22. The van der Waals surface area contributed by atoms with Crippen LogP contribution in [0.25, 0.3) is 132 Å². The van der Waals surface area contributed by atoms with Crippen LogP contribution in [0.4, 0.5) is 51.2 Å². The second kappa shape index (κ2) is 34.7. The molecule has 686 valence electrons. The van der Waals surface area contributed by atoms with Gasteiger partial charge in [-0.2, -0.15) is 0 Å². The summed E-state index contributed by atoms with van der Waals surface area (Å²) in [5.41, 5.74) is 37.1. The van der Waals surface area contributed by atoms with Crippen molar-refractivity contribution in [3.05, 3.63) is 619 Å². The molecule has 0 N–H and O–H groups in total. The maximum Gasteiger partial charge on any atom is 0.142 e. The zero-order chi connectivity index (χ0) is 96.4. The molecule has 30 rings (SSSR count). The van der Waals surface area contributed by atoms with E-state index in [1.54, 1.807) is 0 Å². The Morgan fingerprint density at radius 1 is 0.137 bits per heavy atom. The minimum absolute atomic E-state index is 0.566. The quantitative estimate of drug-likeness (QED) is 0.101. The number of hydrogen-bond acceptors (Lipinski definition) is 7. The smallest absolute Gasteiger partial charge is 0.142 e. The first-order valence-electron chi connectivity index (χ1n) is 50.1. The van der Waals surface area contributed by atoms with Crippen LogP contribution in [0.1, 0.15) is 66.8 Å². The monoisotopic (exact) mass is 1870 g/mol. The summed E-state index contributed by atoms with van der Waals surface area (Å²) in [6.07, 6.45) is 0. The zero-order valence-electron chi connectivity index (χ0n) is 79.5. The van der Waals surface area contributed by atoms with Crippen molar-refractivity contribution < 1.29 is 17.7 Å². The van der Waals surface area contributed by atoms with Crippen molar-refractivity contribution in [2.24, 2.45) is 0 Å². The van der Waals surface area contributed by atoms with Gasteiger partial charge in [-0.05, 0) is 198 Å². The second-order valence-corrected chi connectivity index (χ2v) is 38.0. The van der Waals surface area contributed by atoms with Gasteiger partial charge >= 0.3 is 0 Å². The Morgan fingerprint density at radius 3 is 0.705 bits per heavy atom. The molecule has 7 nitrogen and oxygen atoms in total. The lowest BCUT2D eigenvalue weighted by Gasteiger charge is -2.34. The lowest BCUT2D eigenvalue weighted by molar-refractivity contribution is 0.648. The Bertz CT molecular complexity index is 9550. The molecule has 0 spiro atoms. The van der Waals surface area contributed by atoms with Crippen LogP contribution in [-0.4, -0.2) is 0 Å². The number of nitrogens with zero attached hydrogens (tertiary/aromatic N) is 3. The van der Waals surface area contributed by atoms with Crippen LogP contribution in [0.3, 0.4) is 0 Å². The number of furan rings is 4. The fourth-order valence-corrected chi connectivity index (χ4v) is 24.8. The lowest BCUT2D eigenvalue weighted by Crippen LogP contribution is -2.29. The molecule has 0 saturated carbocycles. The van der Waals surface area contributed by atoms with E-state index in [2.05, 4.69) is 555 Å². The van der Waals surface area contributed by atoms with E-state index in [0.29, 0.717) is 0 Å². The highest BCUT2D eigenvalue weighted by Crippen LogP contribution is 2.64. The van der Waals surface area contributed by atoms with E-state index in [0.717, 1.165) is 156 Å². The van der Waals surface area contributed by atoms with Gasteiger partial charge in [-0.25, -0.2) is 0 Å². The van der Waals surface area contributed by atoms with Gasteiger partial charge in [0.1, 0.15) is 44.7 Å². The van der Waals surface area contributed by atoms with E-state index >= 15 is 0 Å². The van der Waals surface area contributed by atoms with Crippen molar-refractivity contribution in [1.82, 2.24) is 0 Å². The van der Waals surface area contributed by atoms with E-state index in [1.165, 1.54) is 94.2 Å². The molecule has 3 aliphatic carbocycles. The van der Waals surface area contributed by atoms with Gasteiger partial charge in [0.15, 0.2) is 0 Å². The molecular formula is C139H91N3O4. The van der Waals surface area contributed by atoms with Gasteiger partial charge in [-0.3, -0.25) is 0 Å². The Balaban J connectivity index is 0.000000106. The third-order valence-corrected chi connectivity index (χ3v) is 30.6. The molecule has 27 aromatic rings. The van der Waals surface area contributed by atoms with Crippen molar-refractivity contribution >= 4 is 150 Å². The first-order chi connectivity index (χ1) is 72.5. The lowest BCUT2D eigenvalue weighted by atomic mass is 9.67. The van der Waals surface area contributed by atoms with Gasteiger partial charge < -0.3 is 32.4 Å². The average molecular weight is 1870 g/mol. The third-order valence-electron chi connectivity index (χ3n) is 30.6. The van der Waals surface area contributed by atoms with Gasteiger partial charge in [0.25, 0.3) is 0 Å². The molecule has 3 aliphatic rings. The summed E-state index contributed by atoms with van der Waals surface area (Å²) in [7, 11) is 0. The van der Waals surface area contributed by atoms with Gasteiger partial charge in [-0.1, -0.05) is 443 Å². The molecule has 0 bridgehead atoms. The summed E-state index contributed by atoms with van der Waals surface area (Å²) < 4.78 is 27.7. The average Bonchev–Trinajstić information content (AvgIpc) is 1.53. The highest BCUT2D eigenvalue weighted by molar-refractivity contribution is 6.21. The Hall–Kier alpha value is -19.1. The van der Waals surface area contributed by atoms with Gasteiger partial charge in [0.05, 0.1) is 66.2 Å². The standard InChI is InChI=1S/C49H31NO2.C47H31NO.C43H29NO/c1-3-16-32(17-4-1)49(38-24-11-7-20-34(38)35-21-8-12-25-39(35)49)40-30-31-42(47-37-23-10-14-28-44(37)52-48(40)47)50(33-18-5-2-6-19-33)41-26-15-29-45-46(41)36-22-9-13-27-43(36)51-45;1-3-18-33(19-4-1)47(39-26-12-9-23-36(39)37-24-10-13-27-40(37)47)41-30-31-43(45-38-25-11-14-29-44(38)49-46(41)45)48(34-20-5-2-6-21-34)42-28-15-17-32-16-7-8-22-35(32)42;1-4-16-30(17-5-1)43(36-25-13-10-22-33(36)34-23-11-14-26-37(34)43)38-28-29-39(41-35-24-12-15-27-40(35)45-42(38)41)44(31-18-6-2-7-19-31)32-20-8-3-9-21-32/h1-31H;1-31H;1-29H.